The molecule has 2 heterocycles. The number of aromatic nitrogens is 3. The average Bonchev–Trinajstić information content (AvgIpc) is 2.92. The van der Waals surface area contributed by atoms with E-state index in [1.165, 1.54) is 21.6 Å². The van der Waals surface area contributed by atoms with E-state index in [0.29, 0.717) is 0 Å². The van der Waals surface area contributed by atoms with Crippen LogP contribution in [0, 0.1) is 0 Å². The zero-order chi connectivity index (χ0) is 9.64. The number of H-pyrrole nitrogens is 1. The summed E-state index contributed by atoms with van der Waals surface area (Å²) >= 11 is 1.54. The molecule has 3 rings (SSSR count). The second-order valence-corrected chi connectivity index (χ2v) is 3.46. The third-order valence-corrected chi connectivity index (χ3v) is 2.45. The number of hydrogen-bond acceptors (Lipinski definition) is 3. The van der Waals surface area contributed by atoms with Crippen LogP contribution in [-0.4, -0.2) is 14.3 Å². The number of rotatable bonds is 0. The Balaban J connectivity index is 0.000000128. The second kappa shape index (κ2) is 4.53. The molecule has 0 bridgehead atoms. The minimum Gasteiger partial charge on any atom is -0.351 e. The molecule has 0 aliphatic rings. The number of nitrogens with one attached hydrogen (secondary N) is 1. The molecule has 0 unspecified atom stereocenters. The van der Waals surface area contributed by atoms with Crippen molar-refractivity contribution in [3.05, 3.63) is 49.2 Å². The van der Waals surface area contributed by atoms with Gasteiger partial charge in [0.25, 0.3) is 0 Å². The number of benzene rings is 1. The molecule has 0 aliphatic heterocycles. The van der Waals surface area contributed by atoms with Gasteiger partial charge in [-0.2, -0.15) is 4.37 Å². The standard InChI is InChI=1S/C7H5NS.C3H4N2/c1-2-4-7-6(3-1)5-8-9-7;1-2-5-3-4-1/h1-5H;1-3H,(H,4,5). The van der Waals surface area contributed by atoms with E-state index in [1.807, 2.05) is 18.3 Å². The first kappa shape index (κ1) is 8.90. The van der Waals surface area contributed by atoms with Crippen molar-refractivity contribution in [1.82, 2.24) is 14.3 Å². The molecule has 0 radical (unpaired) electrons. The van der Waals surface area contributed by atoms with Crippen LogP contribution in [-0.2, 0) is 0 Å². The van der Waals surface area contributed by atoms with Crippen LogP contribution >= 0.6 is 11.5 Å². The van der Waals surface area contributed by atoms with Crippen LogP contribution < -0.4 is 0 Å². The molecule has 0 spiro atoms. The first-order valence-corrected chi connectivity index (χ1v) is 4.96. The molecule has 0 atom stereocenters. The smallest absolute Gasteiger partial charge is 0.0919 e. The van der Waals surface area contributed by atoms with Crippen LogP contribution in [0.15, 0.2) is 49.2 Å². The van der Waals surface area contributed by atoms with Crippen molar-refractivity contribution in [3.63, 3.8) is 0 Å². The lowest BCUT2D eigenvalue weighted by Gasteiger charge is -1.80. The van der Waals surface area contributed by atoms with Gasteiger partial charge in [-0.25, -0.2) is 4.98 Å². The highest BCUT2D eigenvalue weighted by Gasteiger charge is 1.89. The largest absolute Gasteiger partial charge is 0.351 e. The average molecular weight is 203 g/mol. The van der Waals surface area contributed by atoms with Gasteiger partial charge in [-0.3, -0.25) is 0 Å². The van der Waals surface area contributed by atoms with E-state index in [4.69, 9.17) is 0 Å². The molecule has 4 heteroatoms. The van der Waals surface area contributed by atoms with E-state index >= 15 is 0 Å². The maximum Gasteiger partial charge on any atom is 0.0919 e. The van der Waals surface area contributed by atoms with Gasteiger partial charge in [0.15, 0.2) is 0 Å². The number of nitrogens with zero attached hydrogens (tertiary/aromatic N) is 2. The zero-order valence-corrected chi connectivity index (χ0v) is 8.24. The maximum absolute atomic E-state index is 4.04. The third-order valence-electron chi connectivity index (χ3n) is 1.67. The van der Waals surface area contributed by atoms with Gasteiger partial charge < -0.3 is 4.98 Å². The normalized spacial score (nSPS) is 9.43. The van der Waals surface area contributed by atoms with Crippen molar-refractivity contribution in [3.8, 4) is 0 Å². The Kier molecular flexibility index (Phi) is 2.88. The van der Waals surface area contributed by atoms with Crippen molar-refractivity contribution in [1.29, 1.82) is 0 Å². The Morgan fingerprint density at radius 2 is 2.14 bits per heavy atom. The lowest BCUT2D eigenvalue weighted by Crippen LogP contribution is -1.56. The van der Waals surface area contributed by atoms with Crippen LogP contribution in [0.1, 0.15) is 0 Å². The highest BCUT2D eigenvalue weighted by Crippen LogP contribution is 2.15. The molecule has 0 fully saturated rings. The second-order valence-electron chi connectivity index (χ2n) is 2.62. The molecule has 14 heavy (non-hydrogen) atoms. The third kappa shape index (κ3) is 2.17. The maximum atomic E-state index is 4.04. The fraction of sp³-hybridized carbons (Fsp3) is 0. The fourth-order valence-corrected chi connectivity index (χ4v) is 1.67. The first-order chi connectivity index (χ1) is 6.97. The van der Waals surface area contributed by atoms with Gasteiger partial charge in [0, 0.05) is 24.0 Å². The molecule has 70 valence electrons. The van der Waals surface area contributed by atoms with Gasteiger partial charge in [-0.1, -0.05) is 18.2 Å². The molecule has 0 saturated heterocycles. The molecule has 1 aromatic carbocycles. The summed E-state index contributed by atoms with van der Waals surface area (Å²) in [4.78, 5) is 6.42. The van der Waals surface area contributed by atoms with Gasteiger partial charge >= 0.3 is 0 Å². The minimum absolute atomic E-state index is 1.24. The van der Waals surface area contributed by atoms with E-state index in [2.05, 4.69) is 26.5 Å². The number of hydrogen-bond donors (Lipinski definition) is 1. The van der Waals surface area contributed by atoms with Crippen molar-refractivity contribution >= 4 is 21.6 Å². The number of imidazole rings is 1. The fourth-order valence-electron chi connectivity index (χ4n) is 1.03. The minimum atomic E-state index is 1.24. The molecular weight excluding hydrogens is 194 g/mol. The van der Waals surface area contributed by atoms with Crippen molar-refractivity contribution in [2.24, 2.45) is 0 Å². The molecule has 3 aromatic rings. The molecule has 0 saturated carbocycles. The summed E-state index contributed by atoms with van der Waals surface area (Å²) in [6, 6.07) is 8.20. The van der Waals surface area contributed by atoms with Gasteiger partial charge in [0.2, 0.25) is 0 Å². The first-order valence-electron chi connectivity index (χ1n) is 4.19. The summed E-state index contributed by atoms with van der Waals surface area (Å²) in [5.41, 5.74) is 0. The summed E-state index contributed by atoms with van der Waals surface area (Å²) in [5, 5.41) is 1.24. The Labute approximate surface area is 85.6 Å². The highest BCUT2D eigenvalue weighted by molar-refractivity contribution is 7.13. The van der Waals surface area contributed by atoms with Gasteiger partial charge in [0.1, 0.15) is 0 Å². The molecule has 0 amide bonds. The molecular formula is C10H9N3S. The van der Waals surface area contributed by atoms with E-state index in [1.54, 1.807) is 18.7 Å². The number of fused-ring (bicyclic) bond motifs is 1. The predicted molar refractivity (Wildman–Crippen MR) is 58.2 cm³/mol. The van der Waals surface area contributed by atoms with Crippen molar-refractivity contribution in [2.75, 3.05) is 0 Å². The Hall–Kier alpha value is -1.68. The quantitative estimate of drug-likeness (QED) is 0.610. The van der Waals surface area contributed by atoms with Crippen molar-refractivity contribution < 1.29 is 0 Å². The summed E-state index contributed by atoms with van der Waals surface area (Å²) < 4.78 is 5.30. The van der Waals surface area contributed by atoms with E-state index in [-0.39, 0.29) is 0 Å². The monoisotopic (exact) mass is 203 g/mol. The van der Waals surface area contributed by atoms with Crippen LogP contribution in [0.3, 0.4) is 0 Å². The van der Waals surface area contributed by atoms with Crippen molar-refractivity contribution in [2.45, 2.75) is 0 Å². The molecule has 2 aromatic heterocycles. The summed E-state index contributed by atoms with van der Waals surface area (Å²) in [7, 11) is 0. The highest BCUT2D eigenvalue weighted by atomic mass is 32.1. The van der Waals surface area contributed by atoms with Gasteiger partial charge in [-0.05, 0) is 17.6 Å². The van der Waals surface area contributed by atoms with E-state index < -0.39 is 0 Å². The lowest BCUT2D eigenvalue weighted by molar-refractivity contribution is 1.31. The van der Waals surface area contributed by atoms with Crippen LogP contribution in [0.2, 0.25) is 0 Å². The predicted octanol–water partition coefficient (Wildman–Crippen LogP) is 2.71. The lowest BCUT2D eigenvalue weighted by atomic mass is 10.3. The SMILES string of the molecule is c1c[nH]cn1.c1ccc2sncc2c1. The Morgan fingerprint density at radius 3 is 2.79 bits per heavy atom. The summed E-state index contributed by atoms with van der Waals surface area (Å²) in [6.07, 6.45) is 6.97. The van der Waals surface area contributed by atoms with Crippen LogP contribution in [0.25, 0.3) is 10.1 Å². The summed E-state index contributed by atoms with van der Waals surface area (Å²) in [6.45, 7) is 0. The molecule has 0 aliphatic carbocycles. The van der Waals surface area contributed by atoms with Crippen LogP contribution in [0.4, 0.5) is 0 Å². The van der Waals surface area contributed by atoms with Gasteiger partial charge in [-0.15, -0.1) is 0 Å². The zero-order valence-electron chi connectivity index (χ0n) is 7.42. The van der Waals surface area contributed by atoms with E-state index in [0.717, 1.165) is 0 Å². The van der Waals surface area contributed by atoms with Crippen LogP contribution in [0.5, 0.6) is 0 Å². The Morgan fingerprint density at radius 1 is 1.21 bits per heavy atom. The number of aromatic amines is 1. The Bertz CT molecular complexity index is 425. The van der Waals surface area contributed by atoms with E-state index in [9.17, 15) is 0 Å². The summed E-state index contributed by atoms with van der Waals surface area (Å²) in [5.74, 6) is 0. The van der Waals surface area contributed by atoms with Gasteiger partial charge in [0.05, 0.1) is 11.0 Å². The molecule has 3 nitrogen and oxygen atoms in total. The topological polar surface area (TPSA) is 41.6 Å². The molecule has 1 N–H and O–H groups in total.